The van der Waals surface area contributed by atoms with Crippen molar-refractivity contribution in [3.63, 3.8) is 0 Å². The summed E-state index contributed by atoms with van der Waals surface area (Å²) in [5.74, 6) is 0. The number of allylic oxidation sites excluding steroid dienone is 1. The average Bonchev–Trinajstić information content (AvgIpc) is 2.56. The van der Waals surface area contributed by atoms with Gasteiger partial charge in [-0.15, -0.1) is 0 Å². The lowest BCUT2D eigenvalue weighted by Crippen LogP contribution is -2.60. The molecular weight excluding hydrogens is 386 g/mol. The fourth-order valence-corrected chi connectivity index (χ4v) is 2.72. The van der Waals surface area contributed by atoms with E-state index in [1.54, 1.807) is 30.3 Å². The minimum Gasteiger partial charge on any atom is -0.372 e. The smallest absolute Gasteiger partial charge is 0.372 e. The Morgan fingerprint density at radius 2 is 1.57 bits per heavy atom. The number of ether oxygens (including phenoxy) is 1. The molecule has 0 radical (unpaired) electrons. The molecular formula is C20H20F6O2. The molecule has 0 saturated heterocycles. The molecule has 0 atom stereocenters. The van der Waals surface area contributed by atoms with Crippen LogP contribution in [0.5, 0.6) is 0 Å². The summed E-state index contributed by atoms with van der Waals surface area (Å²) < 4.78 is 82.0. The Bertz CT molecular complexity index is 866. The number of halogens is 6. The maximum absolute atomic E-state index is 12.8. The van der Waals surface area contributed by atoms with Crippen molar-refractivity contribution in [1.82, 2.24) is 0 Å². The van der Waals surface area contributed by atoms with Crippen LogP contribution < -0.4 is 0 Å². The highest BCUT2D eigenvalue weighted by molar-refractivity contribution is 5.93. The van der Waals surface area contributed by atoms with E-state index in [-0.39, 0.29) is 0 Å². The largest absolute Gasteiger partial charge is 0.428 e. The van der Waals surface area contributed by atoms with Crippen molar-refractivity contribution >= 4 is 16.3 Å². The molecule has 8 heteroatoms. The third-order valence-electron chi connectivity index (χ3n) is 4.62. The van der Waals surface area contributed by atoms with Gasteiger partial charge in [-0.2, -0.15) is 26.3 Å². The zero-order valence-corrected chi connectivity index (χ0v) is 15.5. The molecule has 0 aliphatic rings. The van der Waals surface area contributed by atoms with E-state index in [0.717, 1.165) is 21.9 Å². The summed E-state index contributed by atoms with van der Waals surface area (Å²) >= 11 is 0. The minimum absolute atomic E-state index is 0.366. The highest BCUT2D eigenvalue weighted by Gasteiger charge is 2.71. The van der Waals surface area contributed by atoms with Gasteiger partial charge >= 0.3 is 12.4 Å². The Labute approximate surface area is 158 Å². The topological polar surface area (TPSA) is 29.5 Å². The Balaban J connectivity index is 2.38. The van der Waals surface area contributed by atoms with Crippen molar-refractivity contribution in [3.8, 4) is 0 Å². The van der Waals surface area contributed by atoms with Crippen molar-refractivity contribution in [1.29, 1.82) is 0 Å². The Morgan fingerprint density at radius 1 is 1.00 bits per heavy atom. The standard InChI is InChI=1S/C20H20F6O2/c1-12(2)15-7-5-6-13-10-14(8-9-16(13)15)17(3,4)28-11-18(27,19(21,22)23)20(24,25)26/h5-10,27H,1,11H2,2-4H3. The van der Waals surface area contributed by atoms with Crippen LogP contribution in [0.25, 0.3) is 16.3 Å². The number of alkyl halides is 6. The van der Waals surface area contributed by atoms with Gasteiger partial charge in [0.15, 0.2) is 0 Å². The Morgan fingerprint density at radius 3 is 2.07 bits per heavy atom. The van der Waals surface area contributed by atoms with Gasteiger partial charge in [-0.25, -0.2) is 0 Å². The van der Waals surface area contributed by atoms with E-state index in [2.05, 4.69) is 6.58 Å². The lowest BCUT2D eigenvalue weighted by Gasteiger charge is -2.35. The van der Waals surface area contributed by atoms with Gasteiger partial charge in [0.25, 0.3) is 5.60 Å². The van der Waals surface area contributed by atoms with Gasteiger partial charge < -0.3 is 9.84 Å². The molecule has 0 fully saturated rings. The summed E-state index contributed by atoms with van der Waals surface area (Å²) in [6.07, 6.45) is -11.9. The molecule has 0 amide bonds. The average molecular weight is 406 g/mol. The first kappa shape index (κ1) is 22.2. The van der Waals surface area contributed by atoms with Gasteiger partial charge in [-0.1, -0.05) is 42.5 Å². The molecule has 2 rings (SSSR count). The van der Waals surface area contributed by atoms with E-state index in [0.29, 0.717) is 5.56 Å². The van der Waals surface area contributed by atoms with Crippen molar-refractivity contribution in [2.24, 2.45) is 0 Å². The van der Waals surface area contributed by atoms with Crippen molar-refractivity contribution in [2.75, 3.05) is 6.61 Å². The molecule has 0 heterocycles. The molecule has 1 N–H and O–H groups in total. The maximum Gasteiger partial charge on any atom is 0.428 e. The number of fused-ring (bicyclic) bond motifs is 1. The molecule has 0 spiro atoms. The molecule has 2 aromatic rings. The van der Waals surface area contributed by atoms with Crippen LogP contribution in [0.4, 0.5) is 26.3 Å². The van der Waals surface area contributed by atoms with E-state index in [1.807, 2.05) is 13.0 Å². The van der Waals surface area contributed by atoms with Crippen LogP contribution in [0.2, 0.25) is 0 Å². The number of hydrogen-bond acceptors (Lipinski definition) is 2. The number of hydrogen-bond donors (Lipinski definition) is 1. The summed E-state index contributed by atoms with van der Waals surface area (Å²) in [6.45, 7) is 6.41. The van der Waals surface area contributed by atoms with Crippen LogP contribution in [0.15, 0.2) is 43.0 Å². The highest BCUT2D eigenvalue weighted by Crippen LogP contribution is 2.44. The summed E-state index contributed by atoms with van der Waals surface area (Å²) in [5.41, 5.74) is -4.41. The van der Waals surface area contributed by atoms with Crippen LogP contribution in [-0.4, -0.2) is 29.7 Å². The molecule has 0 saturated carbocycles. The van der Waals surface area contributed by atoms with E-state index < -0.39 is 30.2 Å². The van der Waals surface area contributed by atoms with Crippen molar-refractivity contribution < 1.29 is 36.2 Å². The number of aliphatic hydroxyl groups is 1. The van der Waals surface area contributed by atoms with E-state index in [4.69, 9.17) is 4.74 Å². The second-order valence-corrected chi connectivity index (χ2v) is 7.18. The molecule has 2 aromatic carbocycles. The lowest BCUT2D eigenvalue weighted by molar-refractivity contribution is -0.382. The van der Waals surface area contributed by atoms with Gasteiger partial charge in [0.2, 0.25) is 0 Å². The monoisotopic (exact) mass is 406 g/mol. The summed E-state index contributed by atoms with van der Waals surface area (Å²) in [7, 11) is 0. The fraction of sp³-hybridized carbons (Fsp3) is 0.400. The van der Waals surface area contributed by atoms with Gasteiger partial charge in [-0.3, -0.25) is 0 Å². The van der Waals surface area contributed by atoms with Crippen LogP contribution in [0.1, 0.15) is 31.9 Å². The molecule has 2 nitrogen and oxygen atoms in total. The van der Waals surface area contributed by atoms with Crippen LogP contribution in [0, 0.1) is 0 Å². The van der Waals surface area contributed by atoms with Crippen molar-refractivity contribution in [3.05, 3.63) is 54.1 Å². The molecule has 0 aliphatic heterocycles. The third kappa shape index (κ3) is 4.03. The molecule has 0 unspecified atom stereocenters. The normalized spacial score (nSPS) is 13.8. The van der Waals surface area contributed by atoms with E-state index >= 15 is 0 Å². The van der Waals surface area contributed by atoms with E-state index in [9.17, 15) is 31.4 Å². The van der Waals surface area contributed by atoms with Crippen LogP contribution >= 0.6 is 0 Å². The first-order valence-corrected chi connectivity index (χ1v) is 8.29. The predicted octanol–water partition coefficient (Wildman–Crippen LogP) is 5.98. The van der Waals surface area contributed by atoms with Gasteiger partial charge in [0, 0.05) is 0 Å². The van der Waals surface area contributed by atoms with Gasteiger partial charge in [-0.05, 0) is 48.7 Å². The predicted molar refractivity (Wildman–Crippen MR) is 94.7 cm³/mol. The zero-order valence-electron chi connectivity index (χ0n) is 15.5. The van der Waals surface area contributed by atoms with Gasteiger partial charge in [0.05, 0.1) is 12.2 Å². The molecule has 0 aliphatic carbocycles. The lowest BCUT2D eigenvalue weighted by atomic mass is 9.92. The molecule has 28 heavy (non-hydrogen) atoms. The fourth-order valence-electron chi connectivity index (χ4n) is 2.72. The highest BCUT2D eigenvalue weighted by atomic mass is 19.4. The SMILES string of the molecule is C=C(C)c1cccc2cc(C(C)(C)OCC(O)(C(F)(F)F)C(F)(F)F)ccc12. The zero-order chi connectivity index (χ0) is 21.5. The second kappa shape index (κ2) is 7.08. The number of rotatable bonds is 5. The van der Waals surface area contributed by atoms with Crippen molar-refractivity contribution in [2.45, 2.75) is 44.3 Å². The number of benzene rings is 2. The summed E-state index contributed by atoms with van der Waals surface area (Å²) in [6, 6.07) is 10.3. The van der Waals surface area contributed by atoms with Gasteiger partial charge in [0.1, 0.15) is 0 Å². The molecule has 0 bridgehead atoms. The summed E-state index contributed by atoms with van der Waals surface area (Å²) in [5, 5.41) is 10.9. The first-order valence-electron chi connectivity index (χ1n) is 8.29. The second-order valence-electron chi connectivity index (χ2n) is 7.18. The first-order chi connectivity index (χ1) is 12.6. The molecule has 154 valence electrons. The van der Waals surface area contributed by atoms with Crippen LogP contribution in [0.3, 0.4) is 0 Å². The Kier molecular flexibility index (Phi) is 5.62. The quantitative estimate of drug-likeness (QED) is 0.619. The maximum atomic E-state index is 12.8. The molecule has 0 aromatic heterocycles. The third-order valence-corrected chi connectivity index (χ3v) is 4.62. The van der Waals surface area contributed by atoms with Crippen LogP contribution in [-0.2, 0) is 10.3 Å². The summed E-state index contributed by atoms with van der Waals surface area (Å²) in [4.78, 5) is 0. The Hall–Kier alpha value is -2.06. The minimum atomic E-state index is -5.93. The van der Waals surface area contributed by atoms with E-state index in [1.165, 1.54) is 13.8 Å².